The first-order chi connectivity index (χ1) is 15.6. The van der Waals surface area contributed by atoms with Crippen molar-refractivity contribution >= 4 is 35.0 Å². The number of para-hydroxylation sites is 1. The fourth-order valence-electron chi connectivity index (χ4n) is 2.90. The van der Waals surface area contributed by atoms with Gasteiger partial charge in [0.05, 0.1) is 30.1 Å². The first-order valence-corrected chi connectivity index (χ1v) is 10.6. The highest BCUT2D eigenvalue weighted by molar-refractivity contribution is 8.00. The van der Waals surface area contributed by atoms with E-state index < -0.39 is 0 Å². The third-order valence-corrected chi connectivity index (χ3v) is 5.42. The van der Waals surface area contributed by atoms with Crippen LogP contribution in [0.3, 0.4) is 0 Å². The molecule has 0 aliphatic rings. The summed E-state index contributed by atoms with van der Waals surface area (Å²) in [5.41, 5.74) is 3.29. The lowest BCUT2D eigenvalue weighted by Gasteiger charge is -2.17. The predicted octanol–water partition coefficient (Wildman–Crippen LogP) is 5.06. The van der Waals surface area contributed by atoms with Crippen LogP contribution in [-0.4, -0.2) is 35.0 Å². The first-order valence-electron chi connectivity index (χ1n) is 9.80. The van der Waals surface area contributed by atoms with Gasteiger partial charge in [0.2, 0.25) is 5.88 Å². The molecular weight excluding hydrogens is 424 g/mol. The van der Waals surface area contributed by atoms with Crippen molar-refractivity contribution in [1.29, 1.82) is 0 Å². The molecule has 0 bridgehead atoms. The second kappa shape index (κ2) is 9.88. The maximum absolute atomic E-state index is 12.1. The molecule has 0 saturated heterocycles. The molecule has 0 saturated carbocycles. The summed E-state index contributed by atoms with van der Waals surface area (Å²) in [6.07, 6.45) is 5.45. The van der Waals surface area contributed by atoms with Crippen LogP contribution in [0.25, 0.3) is 5.69 Å². The molecule has 162 valence electrons. The van der Waals surface area contributed by atoms with Gasteiger partial charge in [0.15, 0.2) is 0 Å². The van der Waals surface area contributed by atoms with E-state index in [4.69, 9.17) is 4.74 Å². The van der Waals surface area contributed by atoms with E-state index in [-0.39, 0.29) is 6.03 Å². The molecule has 0 spiro atoms. The van der Waals surface area contributed by atoms with Crippen LogP contribution >= 0.6 is 11.9 Å². The van der Waals surface area contributed by atoms with Crippen molar-refractivity contribution in [2.45, 2.75) is 4.90 Å². The summed E-state index contributed by atoms with van der Waals surface area (Å²) in [4.78, 5) is 17.3. The highest BCUT2D eigenvalue weighted by Gasteiger charge is 2.08. The number of nitrogens with one attached hydrogen (secondary N) is 2. The number of carbonyl (C=O) groups is 1. The van der Waals surface area contributed by atoms with Crippen molar-refractivity contribution in [1.82, 2.24) is 14.8 Å². The first kappa shape index (κ1) is 21.3. The Morgan fingerprint density at radius 3 is 2.34 bits per heavy atom. The molecule has 2 aromatic carbocycles. The van der Waals surface area contributed by atoms with Crippen molar-refractivity contribution in [3.8, 4) is 11.6 Å². The highest BCUT2D eigenvalue weighted by Crippen LogP contribution is 2.28. The van der Waals surface area contributed by atoms with E-state index in [1.54, 1.807) is 42.2 Å². The van der Waals surface area contributed by atoms with Gasteiger partial charge in [-0.3, -0.25) is 0 Å². The van der Waals surface area contributed by atoms with Crippen LogP contribution in [0, 0.1) is 0 Å². The maximum atomic E-state index is 12.1. The van der Waals surface area contributed by atoms with Gasteiger partial charge >= 0.3 is 6.03 Å². The molecule has 0 unspecified atom stereocenters. The van der Waals surface area contributed by atoms with Crippen molar-refractivity contribution in [2.75, 3.05) is 29.1 Å². The Morgan fingerprint density at radius 2 is 1.69 bits per heavy atom. The zero-order chi connectivity index (χ0) is 22.3. The topological polar surface area (TPSA) is 84.3 Å². The number of hydrogen-bond donors (Lipinski definition) is 2. The van der Waals surface area contributed by atoms with Gasteiger partial charge in [-0.25, -0.2) is 14.5 Å². The lowest BCUT2D eigenvalue weighted by molar-refractivity contribution is 0.262. The molecule has 9 heteroatoms. The van der Waals surface area contributed by atoms with Gasteiger partial charge in [-0.15, -0.1) is 0 Å². The fourth-order valence-corrected chi connectivity index (χ4v) is 3.69. The number of rotatable bonds is 7. The summed E-state index contributed by atoms with van der Waals surface area (Å²) in [7, 11) is 3.56. The summed E-state index contributed by atoms with van der Waals surface area (Å²) >= 11 is 1.55. The zero-order valence-corrected chi connectivity index (χ0v) is 18.4. The molecule has 2 amide bonds. The molecule has 2 aromatic heterocycles. The van der Waals surface area contributed by atoms with Crippen LogP contribution in [-0.2, 0) is 0 Å². The number of carbonyl (C=O) groups excluding carboxylic acids is 1. The number of anilines is 3. The van der Waals surface area contributed by atoms with Gasteiger partial charge < -0.3 is 19.7 Å². The minimum absolute atomic E-state index is 0.285. The van der Waals surface area contributed by atoms with Crippen LogP contribution in [0.2, 0.25) is 0 Å². The number of benzene rings is 2. The minimum atomic E-state index is -0.285. The second-order valence-electron chi connectivity index (χ2n) is 6.76. The van der Waals surface area contributed by atoms with E-state index in [1.807, 2.05) is 78.2 Å². The summed E-state index contributed by atoms with van der Waals surface area (Å²) in [5.74, 6) is 0.561. The van der Waals surface area contributed by atoms with E-state index >= 15 is 0 Å². The molecule has 0 aliphatic carbocycles. The van der Waals surface area contributed by atoms with Crippen LogP contribution < -0.4 is 19.7 Å². The lowest BCUT2D eigenvalue weighted by Crippen LogP contribution is -2.19. The van der Waals surface area contributed by atoms with E-state index in [0.29, 0.717) is 11.6 Å². The Bertz CT molecular complexity index is 1160. The van der Waals surface area contributed by atoms with Crippen molar-refractivity contribution in [2.24, 2.45) is 0 Å². The quantitative estimate of drug-likeness (QED) is 0.386. The zero-order valence-electron chi connectivity index (χ0n) is 17.6. The monoisotopic (exact) mass is 446 g/mol. The van der Waals surface area contributed by atoms with E-state index in [0.717, 1.165) is 22.0 Å². The molecule has 0 radical (unpaired) electrons. The van der Waals surface area contributed by atoms with E-state index in [1.165, 1.54) is 0 Å². The van der Waals surface area contributed by atoms with Gasteiger partial charge in [-0.2, -0.15) is 5.10 Å². The summed E-state index contributed by atoms with van der Waals surface area (Å²) in [6, 6.07) is 20.3. The highest BCUT2D eigenvalue weighted by atomic mass is 32.2. The number of hydrogen-bond acceptors (Lipinski definition) is 6. The molecule has 0 atom stereocenters. The summed E-state index contributed by atoms with van der Waals surface area (Å²) in [6.45, 7) is 0. The minimum Gasteiger partial charge on any atom is -0.481 e. The maximum Gasteiger partial charge on any atom is 0.323 e. The average Bonchev–Trinajstić information content (AvgIpc) is 3.28. The van der Waals surface area contributed by atoms with Crippen LogP contribution in [0.4, 0.5) is 21.9 Å². The third kappa shape index (κ3) is 5.38. The van der Waals surface area contributed by atoms with Crippen LogP contribution in [0.1, 0.15) is 0 Å². The van der Waals surface area contributed by atoms with Gasteiger partial charge in [-0.05, 0) is 54.4 Å². The Morgan fingerprint density at radius 1 is 0.969 bits per heavy atom. The number of nitrogens with zero attached hydrogens (tertiary/aromatic N) is 4. The molecular formula is C23H22N6O2S. The molecule has 0 aliphatic heterocycles. The number of methoxy groups -OCH3 is 1. The van der Waals surface area contributed by atoms with Gasteiger partial charge in [0, 0.05) is 36.4 Å². The van der Waals surface area contributed by atoms with Gasteiger partial charge in [-0.1, -0.05) is 18.2 Å². The molecule has 32 heavy (non-hydrogen) atoms. The van der Waals surface area contributed by atoms with Crippen molar-refractivity contribution < 1.29 is 9.53 Å². The normalized spacial score (nSPS) is 10.4. The van der Waals surface area contributed by atoms with Crippen LogP contribution in [0.15, 0.2) is 90.2 Å². The SMILES string of the molecule is COc1ccc(-n2cc(SN(C)c3ccc(NC(=O)Nc4ccccc4)cc3)cn2)cn1. The molecule has 4 rings (SSSR count). The van der Waals surface area contributed by atoms with Crippen molar-refractivity contribution in [3.05, 3.63) is 85.3 Å². The fraction of sp³-hybridized carbons (Fsp3) is 0.0870. The third-order valence-electron chi connectivity index (χ3n) is 4.52. The second-order valence-corrected chi connectivity index (χ2v) is 7.96. The number of pyridine rings is 1. The molecule has 2 heterocycles. The number of urea groups is 1. The Balaban J connectivity index is 1.34. The lowest BCUT2D eigenvalue weighted by atomic mass is 10.3. The average molecular weight is 447 g/mol. The molecule has 2 N–H and O–H groups in total. The number of aromatic nitrogens is 3. The van der Waals surface area contributed by atoms with Crippen molar-refractivity contribution in [3.63, 3.8) is 0 Å². The number of amides is 2. The number of ether oxygens (including phenoxy) is 1. The molecule has 4 aromatic rings. The smallest absolute Gasteiger partial charge is 0.323 e. The predicted molar refractivity (Wildman–Crippen MR) is 128 cm³/mol. The van der Waals surface area contributed by atoms with Gasteiger partial charge in [0.25, 0.3) is 0 Å². The Kier molecular flexibility index (Phi) is 6.57. The van der Waals surface area contributed by atoms with Gasteiger partial charge in [0.1, 0.15) is 0 Å². The summed E-state index contributed by atoms with van der Waals surface area (Å²) < 4.78 is 8.88. The molecule has 0 fully saturated rings. The Hall–Kier alpha value is -3.98. The van der Waals surface area contributed by atoms with E-state index in [9.17, 15) is 4.79 Å². The van der Waals surface area contributed by atoms with E-state index in [2.05, 4.69) is 20.7 Å². The summed E-state index contributed by atoms with van der Waals surface area (Å²) in [5, 5.41) is 10.0. The Labute approximate surface area is 190 Å². The molecule has 8 nitrogen and oxygen atoms in total. The largest absolute Gasteiger partial charge is 0.481 e. The van der Waals surface area contributed by atoms with Crippen LogP contribution in [0.5, 0.6) is 5.88 Å². The standard InChI is InChI=1S/C23H22N6O2S/c1-28(32-21-15-25-29(16-21)20-12-13-22(31-2)24-14-20)19-10-8-18(9-11-19)27-23(30)26-17-6-4-3-5-7-17/h3-16H,1-2H3,(H2,26,27,30).